The van der Waals surface area contributed by atoms with Gasteiger partial charge in [-0.05, 0) is 48.6 Å². The Labute approximate surface area is 157 Å². The Morgan fingerprint density at radius 2 is 1.59 bits per heavy atom. The molecule has 0 saturated heterocycles. The van der Waals surface area contributed by atoms with Crippen LogP contribution < -0.4 is 0 Å². The van der Waals surface area contributed by atoms with Crippen LogP contribution in [0.25, 0.3) is 0 Å². The fraction of sp³-hybridized carbons (Fsp3) is 0.143. The summed E-state index contributed by atoms with van der Waals surface area (Å²) in [5, 5.41) is 29.7. The first-order valence-electron chi connectivity index (χ1n) is 8.56. The van der Waals surface area contributed by atoms with E-state index in [4.69, 9.17) is 0 Å². The molecule has 6 nitrogen and oxygen atoms in total. The lowest BCUT2D eigenvalue weighted by molar-refractivity contribution is -0.384. The van der Waals surface area contributed by atoms with Crippen LogP contribution in [0, 0.1) is 17.0 Å². The smallest absolute Gasteiger partial charge is 0.296 e. The lowest BCUT2D eigenvalue weighted by Gasteiger charge is -2.09. The minimum Gasteiger partial charge on any atom is -0.505 e. The summed E-state index contributed by atoms with van der Waals surface area (Å²) < 4.78 is 0. The standard InChI is InChI=1S/C21H19N3O3/c1-15-13-17(12-11-16-7-3-2-4-8-16)21(25)19(14-15)23-22-18-9-5-6-10-20(18)24(26)27/h2-10,13-14,25H,11-12H2,1H3/b23-22+. The van der Waals surface area contributed by atoms with Gasteiger partial charge in [-0.2, -0.15) is 0 Å². The number of rotatable bonds is 6. The maximum Gasteiger partial charge on any atom is 0.296 e. The highest BCUT2D eigenvalue weighted by Gasteiger charge is 2.13. The summed E-state index contributed by atoms with van der Waals surface area (Å²) in [5.74, 6) is 0.0545. The Morgan fingerprint density at radius 1 is 0.926 bits per heavy atom. The zero-order chi connectivity index (χ0) is 19.2. The van der Waals surface area contributed by atoms with Crippen molar-refractivity contribution in [1.82, 2.24) is 0 Å². The molecule has 0 aromatic heterocycles. The molecular formula is C21H19N3O3. The van der Waals surface area contributed by atoms with Crippen LogP contribution in [-0.4, -0.2) is 10.0 Å². The number of hydrogen-bond acceptors (Lipinski definition) is 5. The average Bonchev–Trinajstić information content (AvgIpc) is 2.68. The number of nitro benzene ring substituents is 1. The monoisotopic (exact) mass is 361 g/mol. The molecule has 3 aromatic carbocycles. The molecule has 0 aliphatic rings. The summed E-state index contributed by atoms with van der Waals surface area (Å²) >= 11 is 0. The maximum atomic E-state index is 11.1. The van der Waals surface area contributed by atoms with E-state index in [1.807, 2.05) is 43.3 Å². The van der Waals surface area contributed by atoms with Crippen molar-refractivity contribution < 1.29 is 10.0 Å². The number of hydrogen-bond donors (Lipinski definition) is 1. The second-order valence-electron chi connectivity index (χ2n) is 6.22. The van der Waals surface area contributed by atoms with Crippen molar-refractivity contribution in [3.8, 4) is 5.75 Å². The molecule has 0 bridgehead atoms. The number of aryl methyl sites for hydroxylation is 3. The van der Waals surface area contributed by atoms with Gasteiger partial charge in [0.05, 0.1) is 4.92 Å². The first-order chi connectivity index (χ1) is 13.0. The molecule has 6 heteroatoms. The van der Waals surface area contributed by atoms with Crippen LogP contribution in [0.1, 0.15) is 16.7 Å². The second-order valence-corrected chi connectivity index (χ2v) is 6.22. The van der Waals surface area contributed by atoms with Crippen LogP contribution in [-0.2, 0) is 12.8 Å². The van der Waals surface area contributed by atoms with E-state index in [1.165, 1.54) is 17.7 Å². The maximum absolute atomic E-state index is 11.1. The van der Waals surface area contributed by atoms with E-state index in [9.17, 15) is 15.2 Å². The SMILES string of the molecule is Cc1cc(CCc2ccccc2)c(O)c(/N=N/c2ccccc2[N+](=O)[O-])c1. The molecule has 3 rings (SSSR count). The molecule has 0 aliphatic carbocycles. The van der Waals surface area contributed by atoms with Crippen LogP contribution >= 0.6 is 0 Å². The van der Waals surface area contributed by atoms with Gasteiger partial charge in [0.1, 0.15) is 11.4 Å². The van der Waals surface area contributed by atoms with Gasteiger partial charge < -0.3 is 5.11 Å². The summed E-state index contributed by atoms with van der Waals surface area (Å²) in [6.45, 7) is 1.91. The topological polar surface area (TPSA) is 88.1 Å². The van der Waals surface area contributed by atoms with E-state index in [2.05, 4.69) is 10.2 Å². The fourth-order valence-corrected chi connectivity index (χ4v) is 2.83. The quantitative estimate of drug-likeness (QED) is 0.341. The molecule has 0 aliphatic heterocycles. The lowest BCUT2D eigenvalue weighted by Crippen LogP contribution is -1.93. The number of nitrogens with zero attached hydrogens (tertiary/aromatic N) is 3. The molecule has 0 radical (unpaired) electrons. The van der Waals surface area contributed by atoms with Crippen molar-refractivity contribution in [2.45, 2.75) is 19.8 Å². The number of phenolic OH excluding ortho intramolecular Hbond substituents is 1. The average molecular weight is 361 g/mol. The minimum atomic E-state index is -0.504. The molecule has 1 N–H and O–H groups in total. The van der Waals surface area contributed by atoms with Crippen molar-refractivity contribution in [2.75, 3.05) is 0 Å². The third-order valence-corrected chi connectivity index (χ3v) is 4.18. The molecule has 0 spiro atoms. The van der Waals surface area contributed by atoms with Crippen LogP contribution in [0.3, 0.4) is 0 Å². The van der Waals surface area contributed by atoms with Crippen molar-refractivity contribution >= 4 is 17.1 Å². The van der Waals surface area contributed by atoms with Gasteiger partial charge in [0, 0.05) is 6.07 Å². The van der Waals surface area contributed by atoms with Gasteiger partial charge in [0.15, 0.2) is 5.69 Å². The van der Waals surface area contributed by atoms with Crippen LogP contribution in [0.2, 0.25) is 0 Å². The normalized spacial score (nSPS) is 11.0. The molecule has 136 valence electrons. The molecule has 0 amide bonds. The Kier molecular flexibility index (Phi) is 5.56. The Balaban J connectivity index is 1.86. The third-order valence-electron chi connectivity index (χ3n) is 4.18. The molecule has 0 saturated carbocycles. The summed E-state index contributed by atoms with van der Waals surface area (Å²) in [6.07, 6.45) is 1.45. The predicted octanol–water partition coefficient (Wildman–Crippen LogP) is 5.81. The highest BCUT2D eigenvalue weighted by Crippen LogP contribution is 2.35. The van der Waals surface area contributed by atoms with E-state index >= 15 is 0 Å². The van der Waals surface area contributed by atoms with Gasteiger partial charge in [0.2, 0.25) is 0 Å². The van der Waals surface area contributed by atoms with E-state index in [-0.39, 0.29) is 17.1 Å². The predicted molar refractivity (Wildman–Crippen MR) is 104 cm³/mol. The van der Waals surface area contributed by atoms with E-state index in [0.717, 1.165) is 17.5 Å². The summed E-state index contributed by atoms with van der Waals surface area (Å²) in [7, 11) is 0. The second kappa shape index (κ2) is 8.23. The van der Waals surface area contributed by atoms with E-state index < -0.39 is 4.92 Å². The van der Waals surface area contributed by atoms with E-state index in [0.29, 0.717) is 12.1 Å². The van der Waals surface area contributed by atoms with Gasteiger partial charge in [-0.1, -0.05) is 48.5 Å². The molecule has 0 unspecified atom stereocenters. The zero-order valence-electron chi connectivity index (χ0n) is 14.9. The van der Waals surface area contributed by atoms with Crippen LogP contribution in [0.5, 0.6) is 5.75 Å². The number of nitro groups is 1. The number of phenols is 1. The van der Waals surface area contributed by atoms with Gasteiger partial charge in [0.25, 0.3) is 5.69 Å². The minimum absolute atomic E-state index is 0.0545. The van der Waals surface area contributed by atoms with Crippen LogP contribution in [0.4, 0.5) is 17.1 Å². The molecule has 0 heterocycles. The van der Waals surface area contributed by atoms with Crippen LogP contribution in [0.15, 0.2) is 77.0 Å². The van der Waals surface area contributed by atoms with Gasteiger partial charge in [-0.15, -0.1) is 10.2 Å². The van der Waals surface area contributed by atoms with Crippen molar-refractivity contribution in [1.29, 1.82) is 0 Å². The Morgan fingerprint density at radius 3 is 2.33 bits per heavy atom. The molecule has 27 heavy (non-hydrogen) atoms. The third kappa shape index (κ3) is 4.55. The number of aromatic hydroxyl groups is 1. The summed E-state index contributed by atoms with van der Waals surface area (Å²) in [4.78, 5) is 10.6. The molecule has 3 aromatic rings. The first kappa shape index (κ1) is 18.3. The highest BCUT2D eigenvalue weighted by atomic mass is 16.6. The van der Waals surface area contributed by atoms with Gasteiger partial charge in [-0.3, -0.25) is 10.1 Å². The number of benzene rings is 3. The number of azo groups is 1. The first-order valence-corrected chi connectivity index (χ1v) is 8.56. The Hall–Kier alpha value is -3.54. The van der Waals surface area contributed by atoms with Crippen molar-refractivity contribution in [3.63, 3.8) is 0 Å². The molecule has 0 atom stereocenters. The Bertz CT molecular complexity index is 985. The highest BCUT2D eigenvalue weighted by molar-refractivity contribution is 5.59. The molecule has 0 fully saturated rings. The van der Waals surface area contributed by atoms with Crippen molar-refractivity contribution in [3.05, 3.63) is 93.5 Å². The largest absolute Gasteiger partial charge is 0.505 e. The molecular weight excluding hydrogens is 342 g/mol. The summed E-state index contributed by atoms with van der Waals surface area (Å²) in [6, 6.07) is 19.8. The van der Waals surface area contributed by atoms with Crippen molar-refractivity contribution in [2.24, 2.45) is 10.2 Å². The van der Waals surface area contributed by atoms with Gasteiger partial charge >= 0.3 is 0 Å². The fourth-order valence-electron chi connectivity index (χ4n) is 2.83. The van der Waals surface area contributed by atoms with E-state index in [1.54, 1.807) is 18.2 Å². The van der Waals surface area contributed by atoms with Gasteiger partial charge in [-0.25, -0.2) is 0 Å². The number of para-hydroxylation sites is 1. The lowest BCUT2D eigenvalue weighted by atomic mass is 10.0. The summed E-state index contributed by atoms with van der Waals surface area (Å²) in [5.41, 5.74) is 3.22. The zero-order valence-corrected chi connectivity index (χ0v) is 14.9.